The molecule has 1 unspecified atom stereocenters. The zero-order valence-electron chi connectivity index (χ0n) is 20.9. The van der Waals surface area contributed by atoms with Crippen LogP contribution < -0.4 is 4.90 Å². The molecule has 182 valence electrons. The van der Waals surface area contributed by atoms with Crippen molar-refractivity contribution in [1.82, 2.24) is 24.3 Å². The highest BCUT2D eigenvalue weighted by Gasteiger charge is 2.25. The summed E-state index contributed by atoms with van der Waals surface area (Å²) in [5, 5.41) is 4.60. The number of fused-ring (bicyclic) bond motifs is 1. The van der Waals surface area contributed by atoms with Crippen LogP contribution in [-0.4, -0.2) is 89.1 Å². The molecule has 5 rings (SSSR count). The normalized spacial score (nSPS) is 22.1. The number of likely N-dealkylation sites (N-methyl/N-ethyl adjacent to an activating group) is 1. The van der Waals surface area contributed by atoms with Crippen molar-refractivity contribution in [3.8, 4) is 0 Å². The molecule has 2 aromatic rings. The Morgan fingerprint density at radius 2 is 1.79 bits per heavy atom. The third kappa shape index (κ3) is 4.58. The van der Waals surface area contributed by atoms with Crippen molar-refractivity contribution in [3.05, 3.63) is 54.0 Å². The average Bonchev–Trinajstić information content (AvgIpc) is 3.33. The van der Waals surface area contributed by atoms with Crippen LogP contribution in [0.2, 0.25) is 0 Å². The first-order chi connectivity index (χ1) is 16.5. The van der Waals surface area contributed by atoms with Gasteiger partial charge in [-0.15, -0.1) is 0 Å². The van der Waals surface area contributed by atoms with Gasteiger partial charge >= 0.3 is 0 Å². The Bertz CT molecular complexity index is 1070. The number of piperazine rings is 2. The second-order valence-electron chi connectivity index (χ2n) is 10.0. The van der Waals surface area contributed by atoms with E-state index in [1.807, 2.05) is 29.5 Å². The second-order valence-corrected chi connectivity index (χ2v) is 10.0. The minimum Gasteiger partial charge on any atom is -0.369 e. The molecule has 0 radical (unpaired) electrons. The molecule has 2 aromatic heterocycles. The Labute approximate surface area is 203 Å². The van der Waals surface area contributed by atoms with Crippen LogP contribution in [0.15, 0.2) is 48.5 Å². The predicted octanol–water partition coefficient (Wildman–Crippen LogP) is 3.20. The van der Waals surface area contributed by atoms with Crippen LogP contribution in [-0.2, 0) is 4.79 Å². The van der Waals surface area contributed by atoms with E-state index in [0.29, 0.717) is 5.92 Å². The van der Waals surface area contributed by atoms with Gasteiger partial charge in [-0.05, 0) is 36.7 Å². The molecule has 2 saturated heterocycles. The fourth-order valence-electron chi connectivity index (χ4n) is 5.44. The highest BCUT2D eigenvalue weighted by atomic mass is 16.2. The van der Waals surface area contributed by atoms with Crippen LogP contribution in [0, 0.1) is 5.92 Å². The Morgan fingerprint density at radius 1 is 1.06 bits per heavy atom. The molecule has 1 aliphatic carbocycles. The summed E-state index contributed by atoms with van der Waals surface area (Å²) in [6.45, 7) is 15.2. The first-order valence-electron chi connectivity index (χ1n) is 12.9. The Morgan fingerprint density at radius 3 is 2.44 bits per heavy atom. The standard InChI is InChI=1S/C27H38N6O/c1-4-29-11-13-30(14-12-29)24-7-5-22(6-8-24)23-19-26-25(9-10-28-33(26)20-23)31-15-17-32(18-16-31)27(34)21(2)3/h5,7-10,19-22H,4,6,11-18H2,1-3H3. The van der Waals surface area contributed by atoms with Crippen LogP contribution in [0.5, 0.6) is 0 Å². The molecule has 4 heterocycles. The summed E-state index contributed by atoms with van der Waals surface area (Å²) >= 11 is 0. The largest absolute Gasteiger partial charge is 0.369 e. The Balaban J connectivity index is 1.26. The molecule has 1 amide bonds. The molecule has 1 atom stereocenters. The molecule has 34 heavy (non-hydrogen) atoms. The van der Waals surface area contributed by atoms with E-state index in [1.54, 1.807) is 0 Å². The SMILES string of the molecule is CCN1CCN(C2=CCC(c3cc4c(N5CCN(C(=O)C(C)C)CC5)ccnn4c3)C=C2)CC1. The minimum atomic E-state index is 0.0615. The zero-order chi connectivity index (χ0) is 23.7. The van der Waals surface area contributed by atoms with Crippen molar-refractivity contribution < 1.29 is 4.79 Å². The number of carbonyl (C=O) groups excluding carboxylic acids is 1. The van der Waals surface area contributed by atoms with E-state index < -0.39 is 0 Å². The predicted molar refractivity (Wildman–Crippen MR) is 137 cm³/mol. The number of rotatable bonds is 5. The third-order valence-corrected chi connectivity index (χ3v) is 7.63. The van der Waals surface area contributed by atoms with Crippen molar-refractivity contribution in [2.24, 2.45) is 5.92 Å². The van der Waals surface area contributed by atoms with Gasteiger partial charge in [-0.1, -0.05) is 32.9 Å². The highest BCUT2D eigenvalue weighted by Crippen LogP contribution is 2.32. The zero-order valence-corrected chi connectivity index (χ0v) is 20.9. The Hall–Kier alpha value is -2.80. The minimum absolute atomic E-state index is 0.0615. The van der Waals surface area contributed by atoms with E-state index in [-0.39, 0.29) is 11.8 Å². The molecular formula is C27H38N6O. The van der Waals surface area contributed by atoms with Crippen molar-refractivity contribution >= 4 is 17.1 Å². The van der Waals surface area contributed by atoms with Crippen LogP contribution in [0.3, 0.4) is 0 Å². The second kappa shape index (κ2) is 9.82. The lowest BCUT2D eigenvalue weighted by Crippen LogP contribution is -2.50. The summed E-state index contributed by atoms with van der Waals surface area (Å²) in [5.41, 5.74) is 5.06. The highest BCUT2D eigenvalue weighted by molar-refractivity contribution is 5.79. The van der Waals surface area contributed by atoms with E-state index in [0.717, 1.165) is 70.8 Å². The van der Waals surface area contributed by atoms with Gasteiger partial charge in [0.25, 0.3) is 0 Å². The molecule has 3 aliphatic rings. The quantitative estimate of drug-likeness (QED) is 0.683. The summed E-state index contributed by atoms with van der Waals surface area (Å²) in [6, 6.07) is 4.42. The van der Waals surface area contributed by atoms with Gasteiger partial charge in [0.2, 0.25) is 5.91 Å². The van der Waals surface area contributed by atoms with Gasteiger partial charge < -0.3 is 19.6 Å². The Kier molecular flexibility index (Phi) is 6.63. The maximum absolute atomic E-state index is 12.4. The molecule has 7 nitrogen and oxygen atoms in total. The van der Waals surface area contributed by atoms with Gasteiger partial charge in [0.1, 0.15) is 0 Å². The van der Waals surface area contributed by atoms with Crippen LogP contribution in [0.4, 0.5) is 5.69 Å². The fraction of sp³-hybridized carbons (Fsp3) is 0.556. The van der Waals surface area contributed by atoms with Crippen LogP contribution >= 0.6 is 0 Å². The van der Waals surface area contributed by atoms with E-state index >= 15 is 0 Å². The smallest absolute Gasteiger partial charge is 0.225 e. The molecule has 0 spiro atoms. The lowest BCUT2D eigenvalue weighted by molar-refractivity contribution is -0.134. The molecule has 2 fully saturated rings. The maximum Gasteiger partial charge on any atom is 0.225 e. The van der Waals surface area contributed by atoms with Crippen LogP contribution in [0.25, 0.3) is 5.52 Å². The summed E-state index contributed by atoms with van der Waals surface area (Å²) in [4.78, 5) is 21.8. The van der Waals surface area contributed by atoms with Crippen molar-refractivity contribution in [2.75, 3.05) is 63.8 Å². The molecule has 0 aromatic carbocycles. The number of allylic oxidation sites excluding steroid dienone is 3. The topological polar surface area (TPSA) is 47.3 Å². The summed E-state index contributed by atoms with van der Waals surface area (Å²) < 4.78 is 2.02. The van der Waals surface area contributed by atoms with Gasteiger partial charge in [-0.25, -0.2) is 4.52 Å². The number of anilines is 1. The number of hydrogen-bond donors (Lipinski definition) is 0. The summed E-state index contributed by atoms with van der Waals surface area (Å²) in [6.07, 6.45) is 12.2. The van der Waals surface area contributed by atoms with Crippen LogP contribution in [0.1, 0.15) is 38.7 Å². The molecule has 0 N–H and O–H groups in total. The van der Waals surface area contributed by atoms with Gasteiger partial charge in [-0.3, -0.25) is 4.79 Å². The lowest BCUT2D eigenvalue weighted by Gasteiger charge is -2.37. The maximum atomic E-state index is 12.4. The van der Waals surface area contributed by atoms with E-state index in [9.17, 15) is 4.79 Å². The van der Waals surface area contributed by atoms with E-state index in [4.69, 9.17) is 0 Å². The van der Waals surface area contributed by atoms with Crippen molar-refractivity contribution in [1.29, 1.82) is 0 Å². The number of carbonyl (C=O) groups is 1. The molecule has 0 bridgehead atoms. The number of nitrogens with zero attached hydrogens (tertiary/aromatic N) is 6. The van der Waals surface area contributed by atoms with Gasteiger partial charge in [0.15, 0.2) is 0 Å². The molecule has 7 heteroatoms. The third-order valence-electron chi connectivity index (χ3n) is 7.63. The summed E-state index contributed by atoms with van der Waals surface area (Å²) in [5.74, 6) is 0.704. The fourth-order valence-corrected chi connectivity index (χ4v) is 5.44. The number of amides is 1. The van der Waals surface area contributed by atoms with Crippen molar-refractivity contribution in [3.63, 3.8) is 0 Å². The molecular weight excluding hydrogens is 424 g/mol. The molecule has 0 saturated carbocycles. The van der Waals surface area contributed by atoms with E-state index in [2.05, 4.69) is 63.3 Å². The first-order valence-corrected chi connectivity index (χ1v) is 12.9. The average molecular weight is 463 g/mol. The first kappa shape index (κ1) is 23.0. The summed E-state index contributed by atoms with van der Waals surface area (Å²) in [7, 11) is 0. The number of aromatic nitrogens is 2. The monoisotopic (exact) mass is 462 g/mol. The van der Waals surface area contributed by atoms with Gasteiger partial charge in [-0.2, -0.15) is 5.10 Å². The number of hydrogen-bond acceptors (Lipinski definition) is 5. The van der Waals surface area contributed by atoms with Gasteiger partial charge in [0.05, 0.1) is 11.2 Å². The van der Waals surface area contributed by atoms with Crippen molar-refractivity contribution in [2.45, 2.75) is 33.1 Å². The van der Waals surface area contributed by atoms with E-state index in [1.165, 1.54) is 16.9 Å². The van der Waals surface area contributed by atoms with Gasteiger partial charge in [0, 0.05) is 82.3 Å². The lowest BCUT2D eigenvalue weighted by atomic mass is 9.93. The molecule has 2 aliphatic heterocycles.